The van der Waals surface area contributed by atoms with E-state index >= 15 is 0 Å². The van der Waals surface area contributed by atoms with Crippen molar-refractivity contribution in [2.24, 2.45) is 0 Å². The van der Waals surface area contributed by atoms with E-state index in [0.717, 1.165) is 12.8 Å². The Morgan fingerprint density at radius 3 is 2.84 bits per heavy atom. The third-order valence-corrected chi connectivity index (χ3v) is 3.94. The SMILES string of the molecule is CC(=O)CC1CCCN1C(=O)c1ccc(F)c(Br)c1. The molecular formula is C14H15BrFNO2. The second-order valence-electron chi connectivity index (χ2n) is 4.83. The topological polar surface area (TPSA) is 37.4 Å². The first-order chi connectivity index (χ1) is 8.99. The molecule has 5 heteroatoms. The van der Waals surface area contributed by atoms with E-state index in [2.05, 4.69) is 15.9 Å². The van der Waals surface area contributed by atoms with Crippen LogP contribution in [0.5, 0.6) is 0 Å². The number of hydrogen-bond donors (Lipinski definition) is 0. The summed E-state index contributed by atoms with van der Waals surface area (Å²) < 4.78 is 13.4. The van der Waals surface area contributed by atoms with Gasteiger partial charge < -0.3 is 4.90 Å². The van der Waals surface area contributed by atoms with Crippen LogP contribution >= 0.6 is 15.9 Å². The first-order valence-corrected chi connectivity index (χ1v) is 7.04. The molecule has 1 amide bonds. The number of Topliss-reactive ketones (excluding diaryl/α,β-unsaturated/α-hetero) is 1. The zero-order chi connectivity index (χ0) is 14.0. The molecule has 1 unspecified atom stereocenters. The van der Waals surface area contributed by atoms with Gasteiger partial charge in [0.25, 0.3) is 5.91 Å². The highest BCUT2D eigenvalue weighted by Crippen LogP contribution is 2.24. The lowest BCUT2D eigenvalue weighted by Gasteiger charge is -2.24. The van der Waals surface area contributed by atoms with Crippen LogP contribution in [0.1, 0.15) is 36.5 Å². The minimum Gasteiger partial charge on any atom is -0.335 e. The number of halogens is 2. The van der Waals surface area contributed by atoms with Crippen LogP contribution in [-0.4, -0.2) is 29.2 Å². The number of likely N-dealkylation sites (tertiary alicyclic amines) is 1. The second kappa shape index (κ2) is 5.82. The lowest BCUT2D eigenvalue weighted by atomic mass is 10.1. The summed E-state index contributed by atoms with van der Waals surface area (Å²) in [7, 11) is 0. The van der Waals surface area contributed by atoms with Crippen LogP contribution in [0.15, 0.2) is 22.7 Å². The molecule has 0 radical (unpaired) electrons. The first kappa shape index (κ1) is 14.2. The molecule has 0 bridgehead atoms. The van der Waals surface area contributed by atoms with E-state index in [1.807, 2.05) is 0 Å². The van der Waals surface area contributed by atoms with E-state index in [1.165, 1.54) is 25.1 Å². The first-order valence-electron chi connectivity index (χ1n) is 6.24. The van der Waals surface area contributed by atoms with Crippen LogP contribution in [0.4, 0.5) is 4.39 Å². The van der Waals surface area contributed by atoms with Crippen molar-refractivity contribution in [1.29, 1.82) is 0 Å². The van der Waals surface area contributed by atoms with Gasteiger partial charge in [0, 0.05) is 24.6 Å². The summed E-state index contributed by atoms with van der Waals surface area (Å²) >= 11 is 3.08. The normalized spacial score (nSPS) is 18.7. The van der Waals surface area contributed by atoms with Crippen LogP contribution in [0.2, 0.25) is 0 Å². The molecule has 0 aliphatic carbocycles. The fourth-order valence-corrected chi connectivity index (χ4v) is 2.82. The van der Waals surface area contributed by atoms with E-state index < -0.39 is 5.82 Å². The number of benzene rings is 1. The van der Waals surface area contributed by atoms with Crippen molar-refractivity contribution in [3.05, 3.63) is 34.1 Å². The standard InChI is InChI=1S/C14H15BrFNO2/c1-9(18)7-11-3-2-6-17(11)14(19)10-4-5-13(16)12(15)8-10/h4-5,8,11H,2-3,6-7H2,1H3. The minimum atomic E-state index is -0.391. The molecule has 1 aromatic rings. The van der Waals surface area contributed by atoms with Gasteiger partial charge in [-0.3, -0.25) is 9.59 Å². The largest absolute Gasteiger partial charge is 0.335 e. The summed E-state index contributed by atoms with van der Waals surface area (Å²) in [4.78, 5) is 25.3. The zero-order valence-electron chi connectivity index (χ0n) is 10.7. The van der Waals surface area contributed by atoms with Gasteiger partial charge in [0.05, 0.1) is 4.47 Å². The Labute approximate surface area is 119 Å². The lowest BCUT2D eigenvalue weighted by molar-refractivity contribution is -0.117. The minimum absolute atomic E-state index is 0.0196. The average molecular weight is 328 g/mol. The van der Waals surface area contributed by atoms with E-state index in [0.29, 0.717) is 18.5 Å². The third-order valence-electron chi connectivity index (χ3n) is 3.33. The number of amides is 1. The summed E-state index contributed by atoms with van der Waals surface area (Å²) in [6.45, 7) is 2.20. The monoisotopic (exact) mass is 327 g/mol. The molecule has 1 heterocycles. The Hall–Kier alpha value is -1.23. The third kappa shape index (κ3) is 3.21. The number of ketones is 1. The predicted octanol–water partition coefficient (Wildman–Crippen LogP) is 3.17. The van der Waals surface area contributed by atoms with Crippen LogP contribution in [0, 0.1) is 5.82 Å². The van der Waals surface area contributed by atoms with Crippen molar-refractivity contribution >= 4 is 27.6 Å². The number of carbonyl (C=O) groups excluding carboxylic acids is 2. The second-order valence-corrected chi connectivity index (χ2v) is 5.68. The van der Waals surface area contributed by atoms with Crippen molar-refractivity contribution in [2.45, 2.75) is 32.2 Å². The molecule has 1 saturated heterocycles. The fraction of sp³-hybridized carbons (Fsp3) is 0.429. The quantitative estimate of drug-likeness (QED) is 0.855. The fourth-order valence-electron chi connectivity index (χ4n) is 2.44. The molecule has 1 aliphatic rings. The highest BCUT2D eigenvalue weighted by Gasteiger charge is 2.30. The number of nitrogens with zero attached hydrogens (tertiary/aromatic N) is 1. The van der Waals surface area contributed by atoms with Gasteiger partial charge in [-0.05, 0) is 53.9 Å². The molecule has 1 aliphatic heterocycles. The zero-order valence-corrected chi connectivity index (χ0v) is 12.2. The average Bonchev–Trinajstić information content (AvgIpc) is 2.79. The number of hydrogen-bond acceptors (Lipinski definition) is 2. The van der Waals surface area contributed by atoms with Crippen molar-refractivity contribution < 1.29 is 14.0 Å². The highest BCUT2D eigenvalue weighted by atomic mass is 79.9. The van der Waals surface area contributed by atoms with Gasteiger partial charge in [0.1, 0.15) is 11.6 Å². The molecule has 1 aromatic carbocycles. The van der Waals surface area contributed by atoms with Crippen LogP contribution in [-0.2, 0) is 4.79 Å². The van der Waals surface area contributed by atoms with Gasteiger partial charge in [-0.25, -0.2) is 4.39 Å². The molecule has 1 atom stereocenters. The Bertz CT molecular complexity index is 518. The van der Waals surface area contributed by atoms with Crippen LogP contribution in [0.25, 0.3) is 0 Å². The molecule has 102 valence electrons. The van der Waals surface area contributed by atoms with Crippen LogP contribution < -0.4 is 0 Å². The Morgan fingerprint density at radius 1 is 1.47 bits per heavy atom. The van der Waals surface area contributed by atoms with Crippen LogP contribution in [0.3, 0.4) is 0 Å². The molecule has 0 saturated carbocycles. The molecule has 0 aromatic heterocycles. The Kier molecular flexibility index (Phi) is 4.34. The summed E-state index contributed by atoms with van der Waals surface area (Å²) in [6.07, 6.45) is 2.16. The maximum Gasteiger partial charge on any atom is 0.254 e. The van der Waals surface area contributed by atoms with Gasteiger partial charge in [0.15, 0.2) is 0 Å². The lowest BCUT2D eigenvalue weighted by Crippen LogP contribution is -2.36. The Morgan fingerprint density at radius 2 is 2.21 bits per heavy atom. The van der Waals surface area contributed by atoms with Crippen molar-refractivity contribution in [3.63, 3.8) is 0 Å². The maximum atomic E-state index is 13.2. The smallest absolute Gasteiger partial charge is 0.254 e. The summed E-state index contributed by atoms with van der Waals surface area (Å²) in [5.41, 5.74) is 0.448. The molecule has 0 spiro atoms. The number of carbonyl (C=O) groups is 2. The summed E-state index contributed by atoms with van der Waals surface area (Å²) in [5.74, 6) is -0.437. The molecular weight excluding hydrogens is 313 g/mol. The van der Waals surface area contributed by atoms with Gasteiger partial charge in [-0.2, -0.15) is 0 Å². The van der Waals surface area contributed by atoms with Gasteiger partial charge >= 0.3 is 0 Å². The van der Waals surface area contributed by atoms with Crippen molar-refractivity contribution in [1.82, 2.24) is 4.90 Å². The molecule has 1 fully saturated rings. The highest BCUT2D eigenvalue weighted by molar-refractivity contribution is 9.10. The van der Waals surface area contributed by atoms with E-state index in [1.54, 1.807) is 4.90 Å². The van der Waals surface area contributed by atoms with Crippen molar-refractivity contribution in [3.8, 4) is 0 Å². The van der Waals surface area contributed by atoms with E-state index in [-0.39, 0.29) is 22.2 Å². The summed E-state index contributed by atoms with van der Waals surface area (Å²) in [5, 5.41) is 0. The van der Waals surface area contributed by atoms with Crippen molar-refractivity contribution in [2.75, 3.05) is 6.54 Å². The van der Waals surface area contributed by atoms with Gasteiger partial charge in [-0.15, -0.1) is 0 Å². The molecule has 19 heavy (non-hydrogen) atoms. The molecule has 0 N–H and O–H groups in total. The number of rotatable bonds is 3. The summed E-state index contributed by atoms with van der Waals surface area (Å²) in [6, 6.07) is 4.22. The van der Waals surface area contributed by atoms with E-state index in [4.69, 9.17) is 0 Å². The molecule has 2 rings (SSSR count). The molecule has 3 nitrogen and oxygen atoms in total. The van der Waals surface area contributed by atoms with Gasteiger partial charge in [0.2, 0.25) is 0 Å². The Balaban J connectivity index is 2.18. The van der Waals surface area contributed by atoms with Gasteiger partial charge in [-0.1, -0.05) is 0 Å². The van der Waals surface area contributed by atoms with E-state index in [9.17, 15) is 14.0 Å². The predicted molar refractivity (Wildman–Crippen MR) is 73.5 cm³/mol. The maximum absolute atomic E-state index is 13.2.